The highest BCUT2D eigenvalue weighted by molar-refractivity contribution is 6.30. The summed E-state index contributed by atoms with van der Waals surface area (Å²) in [5, 5.41) is 64.1. The summed E-state index contributed by atoms with van der Waals surface area (Å²) < 4.78 is 22.2. The summed E-state index contributed by atoms with van der Waals surface area (Å²) in [5.41, 5.74) is -8.68. The van der Waals surface area contributed by atoms with E-state index in [-0.39, 0.29) is 16.8 Å². The van der Waals surface area contributed by atoms with Gasteiger partial charge < -0.3 is 55.1 Å². The predicted octanol–water partition coefficient (Wildman–Crippen LogP) is 1.14. The van der Waals surface area contributed by atoms with Crippen LogP contribution in [0.4, 0.5) is 5.69 Å². The topological polar surface area (TPSA) is 247 Å². The van der Waals surface area contributed by atoms with E-state index in [1.54, 1.807) is 44.2 Å². The minimum atomic E-state index is -3.19. The Labute approximate surface area is 319 Å². The number of aromatic hydroxyl groups is 2. The molecule has 3 aliphatic carbocycles. The lowest BCUT2D eigenvalue weighted by Crippen LogP contribution is -2.73. The van der Waals surface area contributed by atoms with Crippen LogP contribution in [0.1, 0.15) is 70.6 Å². The van der Waals surface area contributed by atoms with Gasteiger partial charge in [-0.25, -0.2) is 0 Å². The highest BCUT2D eigenvalue weighted by Gasteiger charge is 2.72. The molecule has 8 atom stereocenters. The third kappa shape index (κ3) is 5.43. The molecule has 1 aliphatic heterocycles. The van der Waals surface area contributed by atoms with E-state index in [4.69, 9.17) is 18.9 Å². The number of Topliss-reactive ketones (excluding diaryl/α,β-unsaturated/α-hetero) is 3. The maximum absolute atomic E-state index is 14.8. The molecule has 0 bridgehead atoms. The van der Waals surface area contributed by atoms with Crippen LogP contribution in [0.5, 0.6) is 11.5 Å². The zero-order valence-corrected chi connectivity index (χ0v) is 30.9. The summed E-state index contributed by atoms with van der Waals surface area (Å²) in [6, 6.07) is 10.8. The average molecular weight is 773 g/mol. The standard InChI is InChI=1S/C40H40N2O14/c1-16-11-18-12-25(44)40(55-5)37(51)28-22(36(50)39(40,52)29(18)31(47)20(16)14-26(45)41-19-9-7-6-8-10-19)13-21-27(32(28)48)24(43)15-23(30(21)46)42-38-35(54-4)33(49)34(53-3)17(2)56-38/h6-11,13,15,17,25,33-35,38,42,44,47-49,52H,12,14H2,1-5H3,(H,41,45)/t17-,25+,33+,34-,35+,38?,39-,40+/m0/s1. The number of carbonyl (C=O) groups is 5. The Morgan fingerprint density at radius 2 is 1.61 bits per heavy atom. The molecule has 0 radical (unpaired) electrons. The number of para-hydroxylation sites is 1. The molecule has 4 aliphatic rings. The number of amides is 1. The van der Waals surface area contributed by atoms with Crippen molar-refractivity contribution in [2.75, 3.05) is 26.6 Å². The third-order valence-corrected chi connectivity index (χ3v) is 11.3. The number of phenols is 2. The molecule has 294 valence electrons. The van der Waals surface area contributed by atoms with Gasteiger partial charge in [-0.2, -0.15) is 0 Å². The van der Waals surface area contributed by atoms with Crippen molar-refractivity contribution in [1.29, 1.82) is 0 Å². The molecule has 3 aromatic rings. The number of methoxy groups -OCH3 is 3. The number of ketones is 4. The van der Waals surface area contributed by atoms with E-state index in [1.807, 2.05) is 0 Å². The molecule has 1 unspecified atom stereocenters. The number of phenolic OH excluding ortho intramolecular Hbond substituents is 2. The van der Waals surface area contributed by atoms with Crippen molar-refractivity contribution in [2.45, 2.75) is 74.6 Å². The molecular formula is C40H40N2O14. The van der Waals surface area contributed by atoms with Gasteiger partial charge in [-0.3, -0.25) is 24.0 Å². The first kappa shape index (κ1) is 38.9. The number of ether oxygens (including phenoxy) is 4. The van der Waals surface area contributed by atoms with Crippen LogP contribution in [0.2, 0.25) is 0 Å². The van der Waals surface area contributed by atoms with Crippen LogP contribution in [0, 0.1) is 6.92 Å². The Morgan fingerprint density at radius 3 is 2.25 bits per heavy atom. The van der Waals surface area contributed by atoms with Gasteiger partial charge in [-0.05, 0) is 43.2 Å². The number of fused-ring (bicyclic) bond motifs is 5. The van der Waals surface area contributed by atoms with Gasteiger partial charge in [0.1, 0.15) is 29.8 Å². The lowest BCUT2D eigenvalue weighted by atomic mass is 9.56. The highest BCUT2D eigenvalue weighted by Crippen LogP contribution is 2.56. The smallest absolute Gasteiger partial charge is 0.228 e. The van der Waals surface area contributed by atoms with Crippen LogP contribution >= 0.6 is 0 Å². The molecule has 1 amide bonds. The Kier molecular flexibility index (Phi) is 9.73. The van der Waals surface area contributed by atoms with Crippen molar-refractivity contribution < 1.29 is 68.5 Å². The number of aliphatic hydroxyl groups excluding tert-OH is 2. The minimum absolute atomic E-state index is 0.00325. The van der Waals surface area contributed by atoms with Gasteiger partial charge in [-0.15, -0.1) is 0 Å². The van der Waals surface area contributed by atoms with E-state index in [1.165, 1.54) is 20.3 Å². The highest BCUT2D eigenvalue weighted by atomic mass is 16.6. The lowest BCUT2D eigenvalue weighted by molar-refractivity contribution is -0.236. The van der Waals surface area contributed by atoms with Gasteiger partial charge >= 0.3 is 0 Å². The molecule has 0 spiro atoms. The van der Waals surface area contributed by atoms with E-state index in [0.717, 1.165) is 19.3 Å². The predicted molar refractivity (Wildman–Crippen MR) is 194 cm³/mol. The van der Waals surface area contributed by atoms with Gasteiger partial charge in [-0.1, -0.05) is 24.3 Å². The summed E-state index contributed by atoms with van der Waals surface area (Å²) in [6.07, 6.45) is -6.92. The number of aliphatic hydroxyl groups is 3. The molecule has 1 heterocycles. The number of carbonyl (C=O) groups excluding carboxylic acids is 5. The first-order chi connectivity index (χ1) is 26.6. The number of anilines is 1. The van der Waals surface area contributed by atoms with Crippen LogP contribution in [0.3, 0.4) is 0 Å². The van der Waals surface area contributed by atoms with Gasteiger partial charge in [0.15, 0.2) is 23.2 Å². The first-order valence-corrected chi connectivity index (χ1v) is 17.7. The molecule has 0 aromatic heterocycles. The molecule has 3 aromatic carbocycles. The summed E-state index contributed by atoms with van der Waals surface area (Å²) >= 11 is 0. The number of allylic oxidation sites excluding steroid dienone is 2. The number of rotatable bonds is 8. The van der Waals surface area contributed by atoms with Gasteiger partial charge in [0.05, 0.1) is 35.5 Å². The second kappa shape index (κ2) is 14.0. The fourth-order valence-electron chi connectivity index (χ4n) is 8.64. The van der Waals surface area contributed by atoms with Gasteiger partial charge in [0.25, 0.3) is 0 Å². The number of benzene rings is 3. The monoisotopic (exact) mass is 772 g/mol. The Hall–Kier alpha value is -5.33. The molecule has 1 saturated heterocycles. The second-order valence-electron chi connectivity index (χ2n) is 14.3. The molecular weight excluding hydrogens is 732 g/mol. The third-order valence-electron chi connectivity index (χ3n) is 11.3. The minimum Gasteiger partial charge on any atom is -0.507 e. The molecule has 56 heavy (non-hydrogen) atoms. The second-order valence-corrected chi connectivity index (χ2v) is 14.3. The van der Waals surface area contributed by atoms with Crippen LogP contribution in [-0.4, -0.2) is 118 Å². The zero-order chi connectivity index (χ0) is 40.6. The van der Waals surface area contributed by atoms with Crippen LogP contribution in [0.25, 0.3) is 0 Å². The van der Waals surface area contributed by atoms with E-state index in [9.17, 15) is 49.5 Å². The summed E-state index contributed by atoms with van der Waals surface area (Å²) in [7, 11) is 3.63. The largest absolute Gasteiger partial charge is 0.507 e. The molecule has 7 rings (SSSR count). The number of nitrogens with one attached hydrogen (secondary N) is 2. The van der Waals surface area contributed by atoms with Gasteiger partial charge in [0, 0.05) is 61.8 Å². The quantitative estimate of drug-likeness (QED) is 0.170. The van der Waals surface area contributed by atoms with Crippen LogP contribution in [-0.2, 0) is 42.2 Å². The van der Waals surface area contributed by atoms with Crippen molar-refractivity contribution in [3.05, 3.63) is 98.7 Å². The molecule has 16 heteroatoms. The maximum Gasteiger partial charge on any atom is 0.228 e. The van der Waals surface area contributed by atoms with Crippen molar-refractivity contribution in [1.82, 2.24) is 5.32 Å². The van der Waals surface area contributed by atoms with Crippen molar-refractivity contribution in [2.24, 2.45) is 0 Å². The van der Waals surface area contributed by atoms with E-state index < -0.39 is 129 Å². The Bertz CT molecular complexity index is 2240. The van der Waals surface area contributed by atoms with Crippen LogP contribution < -0.4 is 10.6 Å². The van der Waals surface area contributed by atoms with Gasteiger partial charge in [0.2, 0.25) is 23.3 Å². The van der Waals surface area contributed by atoms with Crippen molar-refractivity contribution in [3.63, 3.8) is 0 Å². The summed E-state index contributed by atoms with van der Waals surface area (Å²) in [6.45, 7) is 3.20. The number of hydrogen-bond donors (Lipinski definition) is 7. The zero-order valence-electron chi connectivity index (χ0n) is 30.9. The molecule has 7 N–H and O–H groups in total. The fraction of sp³-hybridized carbons (Fsp3) is 0.375. The number of hydrogen-bond acceptors (Lipinski definition) is 15. The number of aryl methyl sites for hydroxylation is 1. The average Bonchev–Trinajstić information content (AvgIpc) is 3.14. The van der Waals surface area contributed by atoms with E-state index in [2.05, 4.69) is 10.6 Å². The molecule has 16 nitrogen and oxygen atoms in total. The van der Waals surface area contributed by atoms with Crippen molar-refractivity contribution in [3.8, 4) is 11.5 Å². The van der Waals surface area contributed by atoms with E-state index in [0.29, 0.717) is 11.3 Å². The Morgan fingerprint density at radius 1 is 0.929 bits per heavy atom. The lowest BCUT2D eigenvalue weighted by Gasteiger charge is -2.53. The normalized spacial score (nSPS) is 29.5. The SMILES string of the molecule is CO[C@@H]1[C@@H](O)[C@@H](OC)C(NC2=CC(=O)c3c(cc4c(c3O)C(=O)[C@]3(OC)[C@H](O)Cc5cc(C)c(CC(=O)Nc6ccccc6)c(O)c5[C@]3(O)C4=O)C2=O)O[C@H]1C. The summed E-state index contributed by atoms with van der Waals surface area (Å²) in [4.78, 5) is 70.3. The first-order valence-electron chi connectivity index (χ1n) is 17.7. The van der Waals surface area contributed by atoms with Crippen LogP contribution in [0.15, 0.2) is 54.2 Å². The molecule has 0 saturated carbocycles. The summed E-state index contributed by atoms with van der Waals surface area (Å²) in [5.74, 6) is -6.88. The van der Waals surface area contributed by atoms with Crippen molar-refractivity contribution >= 4 is 34.7 Å². The molecule has 1 fully saturated rings. The van der Waals surface area contributed by atoms with E-state index >= 15 is 0 Å². The fourth-order valence-corrected chi connectivity index (χ4v) is 8.64. The maximum atomic E-state index is 14.8. The Balaban J connectivity index is 1.33.